The second kappa shape index (κ2) is 10.2. The fraction of sp³-hybridized carbons (Fsp3) is 0.938. The molecule has 0 saturated carbocycles. The number of hydrogen-bond donors (Lipinski definition) is 1. The Labute approximate surface area is 125 Å². The molecule has 0 aliphatic rings. The summed E-state index contributed by atoms with van der Waals surface area (Å²) in [5, 5.41) is 3.36. The van der Waals surface area contributed by atoms with Crippen molar-refractivity contribution in [3.8, 4) is 0 Å². The zero-order valence-corrected chi connectivity index (χ0v) is 14.3. The van der Waals surface area contributed by atoms with E-state index < -0.39 is 5.54 Å². The van der Waals surface area contributed by atoms with Gasteiger partial charge in [-0.1, -0.05) is 19.8 Å². The van der Waals surface area contributed by atoms with E-state index in [1.54, 1.807) is 0 Å². The fourth-order valence-electron chi connectivity index (χ4n) is 2.32. The SMILES string of the molecule is CCCCCN(C)CCC(C)(NC(C)C)C(=O)OCC. The molecule has 0 aromatic rings. The Morgan fingerprint density at radius 1 is 1.25 bits per heavy atom. The van der Waals surface area contributed by atoms with E-state index in [4.69, 9.17) is 4.74 Å². The predicted octanol–water partition coefficient (Wildman–Crippen LogP) is 2.82. The van der Waals surface area contributed by atoms with E-state index in [-0.39, 0.29) is 12.0 Å². The standard InChI is InChI=1S/C16H34N2O2/c1-7-9-10-12-18(6)13-11-16(5,17-14(3)4)15(19)20-8-2/h14,17H,7-13H2,1-6H3. The molecule has 20 heavy (non-hydrogen) atoms. The number of carbonyl (C=O) groups excluding carboxylic acids is 1. The van der Waals surface area contributed by atoms with Gasteiger partial charge in [0.05, 0.1) is 6.61 Å². The van der Waals surface area contributed by atoms with Gasteiger partial charge >= 0.3 is 5.97 Å². The molecule has 120 valence electrons. The van der Waals surface area contributed by atoms with Crippen LogP contribution in [0.4, 0.5) is 0 Å². The Kier molecular flexibility index (Phi) is 9.86. The van der Waals surface area contributed by atoms with Crippen molar-refractivity contribution in [2.24, 2.45) is 0 Å². The summed E-state index contributed by atoms with van der Waals surface area (Å²) < 4.78 is 5.22. The molecule has 1 atom stereocenters. The quantitative estimate of drug-likeness (QED) is 0.468. The monoisotopic (exact) mass is 286 g/mol. The van der Waals surface area contributed by atoms with Gasteiger partial charge in [0.1, 0.15) is 5.54 Å². The molecule has 1 unspecified atom stereocenters. The minimum Gasteiger partial charge on any atom is -0.465 e. The van der Waals surface area contributed by atoms with Gasteiger partial charge in [0.2, 0.25) is 0 Å². The molecule has 0 aliphatic heterocycles. The second-order valence-electron chi connectivity index (χ2n) is 6.11. The summed E-state index contributed by atoms with van der Waals surface area (Å²) >= 11 is 0. The molecule has 0 aromatic carbocycles. The van der Waals surface area contributed by atoms with Crippen LogP contribution in [-0.2, 0) is 9.53 Å². The summed E-state index contributed by atoms with van der Waals surface area (Å²) in [7, 11) is 2.12. The number of nitrogens with one attached hydrogen (secondary N) is 1. The third kappa shape index (κ3) is 7.85. The van der Waals surface area contributed by atoms with Crippen molar-refractivity contribution in [3.05, 3.63) is 0 Å². The molecule has 0 spiro atoms. The van der Waals surface area contributed by atoms with Gasteiger partial charge in [0.25, 0.3) is 0 Å². The number of ether oxygens (including phenoxy) is 1. The van der Waals surface area contributed by atoms with Crippen molar-refractivity contribution in [2.75, 3.05) is 26.7 Å². The Hall–Kier alpha value is -0.610. The molecule has 0 saturated heterocycles. The zero-order valence-electron chi connectivity index (χ0n) is 14.3. The number of nitrogens with zero attached hydrogens (tertiary/aromatic N) is 1. The molecule has 0 fully saturated rings. The van der Waals surface area contributed by atoms with E-state index in [0.717, 1.165) is 19.5 Å². The maximum atomic E-state index is 12.2. The van der Waals surface area contributed by atoms with Crippen LogP contribution in [0.15, 0.2) is 0 Å². The van der Waals surface area contributed by atoms with Gasteiger partial charge in [-0.3, -0.25) is 10.1 Å². The highest BCUT2D eigenvalue weighted by Gasteiger charge is 2.34. The fourth-order valence-corrected chi connectivity index (χ4v) is 2.32. The lowest BCUT2D eigenvalue weighted by molar-refractivity contribution is -0.151. The number of esters is 1. The number of hydrogen-bond acceptors (Lipinski definition) is 4. The Morgan fingerprint density at radius 3 is 2.40 bits per heavy atom. The van der Waals surface area contributed by atoms with Gasteiger partial charge in [0, 0.05) is 12.6 Å². The van der Waals surface area contributed by atoms with Crippen molar-refractivity contribution >= 4 is 5.97 Å². The predicted molar refractivity (Wildman–Crippen MR) is 84.9 cm³/mol. The Morgan fingerprint density at radius 2 is 1.90 bits per heavy atom. The topological polar surface area (TPSA) is 41.6 Å². The summed E-state index contributed by atoms with van der Waals surface area (Å²) in [6, 6.07) is 0.259. The third-order valence-electron chi connectivity index (χ3n) is 3.47. The maximum Gasteiger partial charge on any atom is 0.326 e. The Balaban J connectivity index is 4.38. The van der Waals surface area contributed by atoms with Gasteiger partial charge in [-0.25, -0.2) is 0 Å². The van der Waals surface area contributed by atoms with Crippen LogP contribution in [0.25, 0.3) is 0 Å². The molecule has 0 aliphatic carbocycles. The summed E-state index contributed by atoms with van der Waals surface area (Å²) in [5.41, 5.74) is -0.594. The molecule has 0 rings (SSSR count). The van der Waals surface area contributed by atoms with Crippen LogP contribution in [0, 0.1) is 0 Å². The van der Waals surface area contributed by atoms with Crippen molar-refractivity contribution < 1.29 is 9.53 Å². The van der Waals surface area contributed by atoms with E-state index in [0.29, 0.717) is 6.61 Å². The highest BCUT2D eigenvalue weighted by molar-refractivity contribution is 5.80. The molecule has 4 heteroatoms. The first-order valence-electron chi connectivity index (χ1n) is 7.99. The lowest BCUT2D eigenvalue weighted by Crippen LogP contribution is -2.54. The van der Waals surface area contributed by atoms with Crippen LogP contribution in [-0.4, -0.2) is 49.2 Å². The average molecular weight is 286 g/mol. The van der Waals surface area contributed by atoms with E-state index in [1.165, 1.54) is 19.3 Å². The molecular weight excluding hydrogens is 252 g/mol. The number of carbonyl (C=O) groups is 1. The van der Waals surface area contributed by atoms with Crippen LogP contribution in [0.3, 0.4) is 0 Å². The minimum atomic E-state index is -0.594. The van der Waals surface area contributed by atoms with Crippen LogP contribution in [0.1, 0.15) is 60.3 Å². The molecular formula is C16H34N2O2. The molecule has 0 bridgehead atoms. The minimum absolute atomic E-state index is 0.143. The number of rotatable bonds is 11. The third-order valence-corrected chi connectivity index (χ3v) is 3.47. The molecule has 0 aromatic heterocycles. The normalized spacial score (nSPS) is 14.6. The largest absolute Gasteiger partial charge is 0.465 e. The first-order valence-corrected chi connectivity index (χ1v) is 7.99. The van der Waals surface area contributed by atoms with Gasteiger partial charge in [0.15, 0.2) is 0 Å². The van der Waals surface area contributed by atoms with Gasteiger partial charge in [-0.15, -0.1) is 0 Å². The molecule has 0 amide bonds. The van der Waals surface area contributed by atoms with Crippen molar-refractivity contribution in [2.45, 2.75) is 71.9 Å². The summed E-state index contributed by atoms with van der Waals surface area (Å²) in [6.07, 6.45) is 4.50. The van der Waals surface area contributed by atoms with E-state index in [1.807, 2.05) is 13.8 Å². The lowest BCUT2D eigenvalue weighted by Gasteiger charge is -2.32. The maximum absolute atomic E-state index is 12.2. The highest BCUT2D eigenvalue weighted by atomic mass is 16.5. The van der Waals surface area contributed by atoms with E-state index >= 15 is 0 Å². The molecule has 0 radical (unpaired) electrons. The Bertz CT molecular complexity index is 269. The van der Waals surface area contributed by atoms with Gasteiger partial charge in [-0.05, 0) is 54.1 Å². The first kappa shape index (κ1) is 19.4. The molecule has 0 heterocycles. The molecule has 4 nitrogen and oxygen atoms in total. The van der Waals surface area contributed by atoms with E-state index in [2.05, 4.69) is 38.0 Å². The van der Waals surface area contributed by atoms with Gasteiger partial charge < -0.3 is 9.64 Å². The van der Waals surface area contributed by atoms with Crippen LogP contribution >= 0.6 is 0 Å². The van der Waals surface area contributed by atoms with E-state index in [9.17, 15) is 4.79 Å². The highest BCUT2D eigenvalue weighted by Crippen LogP contribution is 2.14. The zero-order chi connectivity index (χ0) is 15.6. The molecule has 1 N–H and O–H groups in total. The van der Waals surface area contributed by atoms with Crippen molar-refractivity contribution in [1.29, 1.82) is 0 Å². The first-order chi connectivity index (χ1) is 9.35. The van der Waals surface area contributed by atoms with Crippen LogP contribution in [0.2, 0.25) is 0 Å². The average Bonchev–Trinajstić information content (AvgIpc) is 2.36. The van der Waals surface area contributed by atoms with Crippen LogP contribution in [0.5, 0.6) is 0 Å². The van der Waals surface area contributed by atoms with Crippen molar-refractivity contribution in [1.82, 2.24) is 10.2 Å². The second-order valence-corrected chi connectivity index (χ2v) is 6.11. The smallest absolute Gasteiger partial charge is 0.326 e. The summed E-state index contributed by atoms with van der Waals surface area (Å²) in [6.45, 7) is 12.6. The van der Waals surface area contributed by atoms with Crippen molar-refractivity contribution in [3.63, 3.8) is 0 Å². The van der Waals surface area contributed by atoms with Gasteiger partial charge in [-0.2, -0.15) is 0 Å². The number of unbranched alkanes of at least 4 members (excludes halogenated alkanes) is 2. The summed E-state index contributed by atoms with van der Waals surface area (Å²) in [4.78, 5) is 14.5. The summed E-state index contributed by atoms with van der Waals surface area (Å²) in [5.74, 6) is -0.143. The lowest BCUT2D eigenvalue weighted by atomic mass is 9.96. The van der Waals surface area contributed by atoms with Crippen LogP contribution < -0.4 is 5.32 Å².